The Morgan fingerprint density at radius 1 is 0.771 bits per heavy atom. The number of nitrogens with zero attached hydrogens (tertiary/aromatic N) is 1. The Morgan fingerprint density at radius 2 is 1.49 bits per heavy atom. The lowest BCUT2D eigenvalue weighted by molar-refractivity contribution is -0.133. The van der Waals surface area contributed by atoms with Gasteiger partial charge in [-0.25, -0.2) is 4.68 Å². The molecule has 0 saturated heterocycles. The summed E-state index contributed by atoms with van der Waals surface area (Å²) in [5, 5.41) is 6.97. The van der Waals surface area contributed by atoms with E-state index in [-0.39, 0.29) is 5.69 Å². The van der Waals surface area contributed by atoms with Crippen LogP contribution in [0.5, 0.6) is 0 Å². The Morgan fingerprint density at radius 3 is 2.17 bits per heavy atom. The first-order chi connectivity index (χ1) is 16.6. The zero-order valence-electron chi connectivity index (χ0n) is 19.2. The van der Waals surface area contributed by atoms with Crippen LogP contribution in [-0.2, 0) is 9.59 Å². The van der Waals surface area contributed by atoms with E-state index in [0.717, 1.165) is 16.7 Å². The predicted octanol–water partition coefficient (Wildman–Crippen LogP) is 5.83. The molecule has 0 radical (unpaired) electrons. The van der Waals surface area contributed by atoms with E-state index in [1.165, 1.54) is 4.68 Å². The third-order valence-electron chi connectivity index (χ3n) is 5.57. The van der Waals surface area contributed by atoms with Gasteiger partial charge in [0, 0.05) is 26.8 Å². The van der Waals surface area contributed by atoms with Crippen LogP contribution in [0.3, 0.4) is 0 Å². The first kappa shape index (κ1) is 24.3. The Labute approximate surface area is 212 Å². The Balaban J connectivity index is 1.65. The molecule has 4 rings (SSSR count). The highest BCUT2D eigenvalue weighted by atomic mass is 35.5. The van der Waals surface area contributed by atoms with Gasteiger partial charge in [0.25, 0.3) is 5.91 Å². The van der Waals surface area contributed by atoms with Crippen LogP contribution in [0.1, 0.15) is 27.2 Å². The molecule has 3 amide bonds. The number of amides is 3. The highest BCUT2D eigenvalue weighted by molar-refractivity contribution is 6.42. The normalized spacial score (nSPS) is 10.8. The van der Waals surface area contributed by atoms with Crippen molar-refractivity contribution in [1.82, 2.24) is 4.68 Å². The Hall–Kier alpha value is -3.81. The summed E-state index contributed by atoms with van der Waals surface area (Å²) >= 11 is 12.2. The maximum absolute atomic E-state index is 13.3. The summed E-state index contributed by atoms with van der Waals surface area (Å²) in [7, 11) is 0. The van der Waals surface area contributed by atoms with E-state index in [0.29, 0.717) is 32.3 Å². The lowest BCUT2D eigenvalue weighted by Gasteiger charge is -2.15. The number of fused-ring (bicyclic) bond motifs is 1. The molecule has 178 valence electrons. The van der Waals surface area contributed by atoms with E-state index >= 15 is 0 Å². The Bertz CT molecular complexity index is 1470. The van der Waals surface area contributed by atoms with Crippen LogP contribution in [-0.4, -0.2) is 22.4 Å². The molecule has 7 nitrogen and oxygen atoms in total. The molecule has 0 bridgehead atoms. The topological polar surface area (TPSA) is 92.2 Å². The number of hydrogen-bond donors (Lipinski definition) is 3. The minimum Gasteiger partial charge on any atom is -0.320 e. The predicted molar refractivity (Wildman–Crippen MR) is 140 cm³/mol. The van der Waals surface area contributed by atoms with Crippen LogP contribution < -0.4 is 16.1 Å². The molecule has 0 spiro atoms. The number of para-hydroxylation sites is 1. The molecule has 9 heteroatoms. The molecule has 0 aliphatic rings. The van der Waals surface area contributed by atoms with Crippen molar-refractivity contribution in [2.75, 3.05) is 16.1 Å². The van der Waals surface area contributed by atoms with Crippen LogP contribution in [0, 0.1) is 20.8 Å². The second kappa shape index (κ2) is 9.82. The molecule has 0 aliphatic carbocycles. The van der Waals surface area contributed by atoms with E-state index in [9.17, 15) is 14.4 Å². The summed E-state index contributed by atoms with van der Waals surface area (Å²) in [6, 6.07) is 17.2. The molecule has 0 saturated carbocycles. The third kappa shape index (κ3) is 5.16. The van der Waals surface area contributed by atoms with Crippen molar-refractivity contribution in [1.29, 1.82) is 0 Å². The minimum absolute atomic E-state index is 0.129. The van der Waals surface area contributed by atoms with E-state index in [2.05, 4.69) is 16.1 Å². The summed E-state index contributed by atoms with van der Waals surface area (Å²) < 4.78 is 1.28. The van der Waals surface area contributed by atoms with Gasteiger partial charge in [-0.3, -0.25) is 19.8 Å². The van der Waals surface area contributed by atoms with Gasteiger partial charge < -0.3 is 10.6 Å². The van der Waals surface area contributed by atoms with Crippen LogP contribution in [0.2, 0.25) is 10.0 Å². The van der Waals surface area contributed by atoms with Gasteiger partial charge >= 0.3 is 11.8 Å². The number of aromatic nitrogens is 1. The molecule has 35 heavy (non-hydrogen) atoms. The van der Waals surface area contributed by atoms with Gasteiger partial charge in [-0.1, -0.05) is 47.5 Å². The lowest BCUT2D eigenvalue weighted by atomic mass is 10.1. The van der Waals surface area contributed by atoms with Crippen molar-refractivity contribution < 1.29 is 14.4 Å². The number of hydrogen-bond acceptors (Lipinski definition) is 3. The van der Waals surface area contributed by atoms with E-state index in [1.54, 1.807) is 42.5 Å². The van der Waals surface area contributed by atoms with Crippen molar-refractivity contribution in [3.8, 4) is 0 Å². The average Bonchev–Trinajstić information content (AvgIpc) is 3.16. The van der Waals surface area contributed by atoms with Crippen molar-refractivity contribution in [3.05, 3.63) is 93.1 Å². The van der Waals surface area contributed by atoms with E-state index in [1.807, 2.05) is 39.0 Å². The summed E-state index contributed by atoms with van der Waals surface area (Å²) in [5.74, 6) is -2.34. The molecule has 0 unspecified atom stereocenters. The molecule has 0 aliphatic heterocycles. The van der Waals surface area contributed by atoms with Crippen LogP contribution in [0.25, 0.3) is 10.9 Å². The highest BCUT2D eigenvalue weighted by Gasteiger charge is 2.22. The van der Waals surface area contributed by atoms with Gasteiger partial charge in [-0.05, 0) is 73.9 Å². The van der Waals surface area contributed by atoms with Crippen molar-refractivity contribution >= 4 is 63.2 Å². The van der Waals surface area contributed by atoms with Crippen molar-refractivity contribution in [3.63, 3.8) is 0 Å². The molecule has 1 aromatic heterocycles. The number of anilines is 2. The smallest absolute Gasteiger partial charge is 0.320 e. The third-order valence-corrected chi connectivity index (χ3v) is 6.21. The molecule has 3 aromatic carbocycles. The largest absolute Gasteiger partial charge is 0.328 e. The highest BCUT2D eigenvalue weighted by Crippen LogP contribution is 2.25. The van der Waals surface area contributed by atoms with Gasteiger partial charge in [-0.15, -0.1) is 0 Å². The number of rotatable bonds is 4. The fraction of sp³-hybridized carbons (Fsp3) is 0.115. The van der Waals surface area contributed by atoms with Gasteiger partial charge in [0.15, 0.2) is 0 Å². The maximum Gasteiger partial charge on any atom is 0.328 e. The van der Waals surface area contributed by atoms with E-state index < -0.39 is 17.7 Å². The number of nitrogens with one attached hydrogen (secondary N) is 3. The molecule has 1 heterocycles. The van der Waals surface area contributed by atoms with Crippen molar-refractivity contribution in [2.45, 2.75) is 20.8 Å². The molecule has 4 aromatic rings. The second-order valence-electron chi connectivity index (χ2n) is 8.15. The lowest BCUT2D eigenvalue weighted by Crippen LogP contribution is -2.36. The summed E-state index contributed by atoms with van der Waals surface area (Å²) in [4.78, 5) is 38.6. The van der Waals surface area contributed by atoms with Crippen molar-refractivity contribution in [2.24, 2.45) is 0 Å². The zero-order valence-corrected chi connectivity index (χ0v) is 20.7. The maximum atomic E-state index is 13.3. The number of carbonyl (C=O) groups is 3. The molecule has 0 fully saturated rings. The van der Waals surface area contributed by atoms with Gasteiger partial charge in [0.05, 0.1) is 5.52 Å². The van der Waals surface area contributed by atoms with Gasteiger partial charge in [0.1, 0.15) is 5.69 Å². The quantitative estimate of drug-likeness (QED) is 0.302. The first-order valence-corrected chi connectivity index (χ1v) is 11.5. The molecule has 0 atom stereocenters. The number of aryl methyl sites for hydroxylation is 3. The van der Waals surface area contributed by atoms with Crippen LogP contribution in [0.15, 0.2) is 60.7 Å². The summed E-state index contributed by atoms with van der Waals surface area (Å²) in [6.07, 6.45) is 0. The fourth-order valence-corrected chi connectivity index (χ4v) is 4.03. The van der Waals surface area contributed by atoms with Crippen LogP contribution in [0.4, 0.5) is 11.4 Å². The fourth-order valence-electron chi connectivity index (χ4n) is 3.67. The molecular formula is C26H22Cl2N4O3. The van der Waals surface area contributed by atoms with Crippen LogP contribution >= 0.6 is 23.2 Å². The average molecular weight is 509 g/mol. The minimum atomic E-state index is -0.963. The second-order valence-corrected chi connectivity index (χ2v) is 8.99. The number of benzene rings is 3. The molecule has 3 N–H and O–H groups in total. The standard InChI is InChI=1S/C26H22Cl2N4O3/c1-14-7-9-19(13-20(14)28)29-25(34)26(35)31-32-21-10-8-18(27)11-17(21)12-22(32)24(33)30-23-15(2)5-4-6-16(23)3/h4-13H,1-3H3,(H,29,34)(H,30,33)(H,31,35). The number of halogens is 2. The summed E-state index contributed by atoms with van der Waals surface area (Å²) in [6.45, 7) is 5.61. The van der Waals surface area contributed by atoms with E-state index in [4.69, 9.17) is 23.2 Å². The van der Waals surface area contributed by atoms with Gasteiger partial charge in [0.2, 0.25) is 0 Å². The molecular weight excluding hydrogens is 487 g/mol. The first-order valence-electron chi connectivity index (χ1n) is 10.7. The van der Waals surface area contributed by atoms with Gasteiger partial charge in [-0.2, -0.15) is 0 Å². The zero-order chi connectivity index (χ0) is 25.3. The monoisotopic (exact) mass is 508 g/mol. The SMILES string of the molecule is Cc1ccc(NC(=O)C(=O)Nn2c(C(=O)Nc3c(C)cccc3C)cc3cc(Cl)ccc32)cc1Cl. The summed E-state index contributed by atoms with van der Waals surface area (Å²) in [5.41, 5.74) is 6.82. The number of carbonyl (C=O) groups excluding carboxylic acids is 3. The Kier molecular flexibility index (Phi) is 6.82.